The molecule has 5 nitrogen and oxygen atoms in total. The Morgan fingerprint density at radius 1 is 1.25 bits per heavy atom. The van der Waals surface area contributed by atoms with E-state index in [0.29, 0.717) is 11.3 Å². The molecule has 0 saturated carbocycles. The number of carbonyl (C=O) groups excluding carboxylic acids is 1. The molecule has 0 aromatic heterocycles. The smallest absolute Gasteiger partial charge is 0.325 e. The van der Waals surface area contributed by atoms with Crippen molar-refractivity contribution in [1.29, 1.82) is 0 Å². The molecule has 0 aliphatic carbocycles. The number of amides is 1. The molecule has 0 fully saturated rings. The minimum atomic E-state index is -0.921. The number of carbonyl (C=O) groups is 2. The lowest BCUT2D eigenvalue weighted by Crippen LogP contribution is -2.25. The van der Waals surface area contributed by atoms with Gasteiger partial charge in [-0.3, -0.25) is 9.59 Å². The Morgan fingerprint density at radius 2 is 1.81 bits per heavy atom. The maximum Gasteiger partial charge on any atom is 0.325 e. The maximum absolute atomic E-state index is 11.2. The fraction of sp³-hybridized carbons (Fsp3) is 0.273. The summed E-state index contributed by atoms with van der Waals surface area (Å²) in [6.07, 6.45) is 0. The van der Waals surface area contributed by atoms with Crippen molar-refractivity contribution in [3.63, 3.8) is 0 Å². The Hall–Kier alpha value is -2.04. The second kappa shape index (κ2) is 5.16. The molecule has 1 aromatic rings. The third-order valence-corrected chi connectivity index (χ3v) is 2.13. The average Bonchev–Trinajstić information content (AvgIpc) is 2.28. The van der Waals surface area contributed by atoms with Crippen LogP contribution in [0.5, 0.6) is 0 Å². The number of aliphatic carboxylic acids is 1. The van der Waals surface area contributed by atoms with E-state index in [2.05, 4.69) is 10.6 Å². The van der Waals surface area contributed by atoms with Crippen LogP contribution in [-0.2, 0) is 4.79 Å². The van der Waals surface area contributed by atoms with Gasteiger partial charge in [-0.1, -0.05) is 0 Å². The van der Waals surface area contributed by atoms with Crippen LogP contribution in [0, 0.1) is 0 Å². The lowest BCUT2D eigenvalue weighted by atomic mass is 10.2. The van der Waals surface area contributed by atoms with Crippen LogP contribution >= 0.6 is 0 Å². The average molecular weight is 222 g/mol. The minimum Gasteiger partial charge on any atom is -0.480 e. The van der Waals surface area contributed by atoms with Gasteiger partial charge in [0, 0.05) is 18.3 Å². The van der Waals surface area contributed by atoms with Gasteiger partial charge in [0.2, 0.25) is 0 Å². The number of anilines is 1. The summed E-state index contributed by atoms with van der Waals surface area (Å²) < 4.78 is 0. The Bertz CT molecular complexity index is 387. The zero-order valence-electron chi connectivity index (χ0n) is 9.15. The van der Waals surface area contributed by atoms with Crippen LogP contribution in [-0.4, -0.2) is 30.1 Å². The first-order valence-electron chi connectivity index (χ1n) is 4.86. The summed E-state index contributed by atoms with van der Waals surface area (Å²) in [4.78, 5) is 21.8. The fourth-order valence-electron chi connectivity index (χ4n) is 1.17. The van der Waals surface area contributed by atoms with E-state index in [0.717, 1.165) is 0 Å². The van der Waals surface area contributed by atoms with Gasteiger partial charge in [-0.2, -0.15) is 0 Å². The Kier molecular flexibility index (Phi) is 3.88. The monoisotopic (exact) mass is 222 g/mol. The molecule has 0 unspecified atom stereocenters. The molecule has 1 rings (SSSR count). The molecule has 0 aliphatic rings. The molecule has 0 aliphatic heterocycles. The van der Waals surface area contributed by atoms with Crippen LogP contribution in [0.4, 0.5) is 5.69 Å². The lowest BCUT2D eigenvalue weighted by molar-refractivity contribution is -0.137. The summed E-state index contributed by atoms with van der Waals surface area (Å²) in [6.45, 7) is 1.55. The van der Waals surface area contributed by atoms with Gasteiger partial charge in [0.1, 0.15) is 6.04 Å². The fourth-order valence-corrected chi connectivity index (χ4v) is 1.17. The van der Waals surface area contributed by atoms with Gasteiger partial charge in [-0.15, -0.1) is 0 Å². The highest BCUT2D eigenvalue weighted by molar-refractivity contribution is 5.94. The van der Waals surface area contributed by atoms with Crippen LogP contribution in [0.15, 0.2) is 24.3 Å². The predicted octanol–water partition coefficient (Wildman–Crippen LogP) is 0.931. The van der Waals surface area contributed by atoms with E-state index < -0.39 is 12.0 Å². The SMILES string of the molecule is CNC(=O)c1ccc(N[C@@H](C)C(=O)O)cc1. The molecule has 86 valence electrons. The number of hydrogen-bond donors (Lipinski definition) is 3. The van der Waals surface area contributed by atoms with Gasteiger partial charge >= 0.3 is 5.97 Å². The van der Waals surface area contributed by atoms with Gasteiger partial charge in [0.15, 0.2) is 0 Å². The Balaban J connectivity index is 2.72. The second-order valence-electron chi connectivity index (χ2n) is 3.36. The molecule has 0 heterocycles. The van der Waals surface area contributed by atoms with Crippen molar-refractivity contribution >= 4 is 17.6 Å². The number of benzene rings is 1. The zero-order chi connectivity index (χ0) is 12.1. The molecule has 16 heavy (non-hydrogen) atoms. The molecule has 0 bridgehead atoms. The van der Waals surface area contributed by atoms with Crippen LogP contribution in [0.1, 0.15) is 17.3 Å². The van der Waals surface area contributed by atoms with Crippen LogP contribution < -0.4 is 10.6 Å². The van der Waals surface area contributed by atoms with Gasteiger partial charge in [0.25, 0.3) is 5.91 Å². The van der Waals surface area contributed by atoms with Gasteiger partial charge in [0.05, 0.1) is 0 Å². The molecule has 0 saturated heterocycles. The molecule has 1 aromatic carbocycles. The van der Waals surface area contributed by atoms with Crippen molar-refractivity contribution < 1.29 is 14.7 Å². The summed E-state index contributed by atoms with van der Waals surface area (Å²) in [6, 6.07) is 5.95. The summed E-state index contributed by atoms with van der Waals surface area (Å²) >= 11 is 0. The van der Waals surface area contributed by atoms with E-state index >= 15 is 0 Å². The summed E-state index contributed by atoms with van der Waals surface area (Å²) in [5.74, 6) is -1.09. The van der Waals surface area contributed by atoms with E-state index in [1.54, 1.807) is 38.2 Å². The van der Waals surface area contributed by atoms with E-state index in [-0.39, 0.29) is 5.91 Å². The third-order valence-electron chi connectivity index (χ3n) is 2.13. The Labute approximate surface area is 93.5 Å². The van der Waals surface area contributed by atoms with Crippen molar-refractivity contribution in [3.05, 3.63) is 29.8 Å². The van der Waals surface area contributed by atoms with E-state index in [1.165, 1.54) is 0 Å². The third kappa shape index (κ3) is 2.98. The molecular weight excluding hydrogens is 208 g/mol. The minimum absolute atomic E-state index is 0.169. The first-order chi connectivity index (χ1) is 7.54. The number of nitrogens with one attached hydrogen (secondary N) is 2. The van der Waals surface area contributed by atoms with E-state index in [4.69, 9.17) is 5.11 Å². The van der Waals surface area contributed by atoms with Crippen molar-refractivity contribution in [2.75, 3.05) is 12.4 Å². The molecule has 0 radical (unpaired) electrons. The van der Waals surface area contributed by atoms with E-state index in [9.17, 15) is 9.59 Å². The molecule has 1 amide bonds. The Morgan fingerprint density at radius 3 is 2.25 bits per heavy atom. The zero-order valence-corrected chi connectivity index (χ0v) is 9.15. The molecule has 5 heteroatoms. The molecule has 1 atom stereocenters. The summed E-state index contributed by atoms with van der Waals surface area (Å²) in [5, 5.41) is 14.0. The molecule has 0 spiro atoms. The molecule has 3 N–H and O–H groups in total. The number of carboxylic acid groups (broad SMARTS) is 1. The van der Waals surface area contributed by atoms with Gasteiger partial charge in [-0.05, 0) is 31.2 Å². The highest BCUT2D eigenvalue weighted by Crippen LogP contribution is 2.10. The largest absolute Gasteiger partial charge is 0.480 e. The highest BCUT2D eigenvalue weighted by atomic mass is 16.4. The maximum atomic E-state index is 11.2. The normalized spacial score (nSPS) is 11.6. The quantitative estimate of drug-likeness (QED) is 0.708. The van der Waals surface area contributed by atoms with Crippen molar-refractivity contribution in [2.24, 2.45) is 0 Å². The topological polar surface area (TPSA) is 78.4 Å². The standard InChI is InChI=1S/C11H14N2O3/c1-7(11(15)16)13-9-5-3-8(4-6-9)10(14)12-2/h3-7,13H,1-2H3,(H,12,14)(H,15,16)/t7-/m0/s1. The van der Waals surface area contributed by atoms with Crippen LogP contribution in [0.25, 0.3) is 0 Å². The summed E-state index contributed by atoms with van der Waals surface area (Å²) in [5.41, 5.74) is 1.21. The van der Waals surface area contributed by atoms with Crippen molar-refractivity contribution in [2.45, 2.75) is 13.0 Å². The van der Waals surface area contributed by atoms with E-state index in [1.807, 2.05) is 0 Å². The van der Waals surface area contributed by atoms with Crippen molar-refractivity contribution in [3.8, 4) is 0 Å². The highest BCUT2D eigenvalue weighted by Gasteiger charge is 2.10. The lowest BCUT2D eigenvalue weighted by Gasteiger charge is -2.10. The van der Waals surface area contributed by atoms with Crippen molar-refractivity contribution in [1.82, 2.24) is 5.32 Å². The van der Waals surface area contributed by atoms with Crippen LogP contribution in [0.3, 0.4) is 0 Å². The first-order valence-corrected chi connectivity index (χ1v) is 4.86. The van der Waals surface area contributed by atoms with Crippen LogP contribution in [0.2, 0.25) is 0 Å². The summed E-state index contributed by atoms with van der Waals surface area (Å²) in [7, 11) is 1.56. The number of carboxylic acids is 1. The van der Waals surface area contributed by atoms with Gasteiger partial charge in [-0.25, -0.2) is 0 Å². The second-order valence-corrected chi connectivity index (χ2v) is 3.36. The predicted molar refractivity (Wildman–Crippen MR) is 60.6 cm³/mol. The van der Waals surface area contributed by atoms with Gasteiger partial charge < -0.3 is 15.7 Å². The molecular formula is C11H14N2O3. The number of hydrogen-bond acceptors (Lipinski definition) is 3. The number of rotatable bonds is 4. The first kappa shape index (κ1) is 12.0.